The summed E-state index contributed by atoms with van der Waals surface area (Å²) in [6, 6.07) is 0. The van der Waals surface area contributed by atoms with E-state index >= 15 is 0 Å². The van der Waals surface area contributed by atoms with E-state index in [0.29, 0.717) is 13.0 Å². The second kappa shape index (κ2) is 22.6. The van der Waals surface area contributed by atoms with Gasteiger partial charge in [0.05, 0.1) is 6.61 Å². The molecule has 1 aliphatic carbocycles. The molecule has 1 rings (SSSR count). The first kappa shape index (κ1) is 32.5. The molecule has 0 aromatic heterocycles. The summed E-state index contributed by atoms with van der Waals surface area (Å²) in [6.07, 6.45) is 30.1. The standard InChI is InChI=1S/C32H63NO2/c1-5-7-8-9-12-16-21-29(26-27-33(3)4)22-17-13-10-11-14-18-23-30-28-31(30)24-19-15-20-25-32(34)35-6-2/h29-31H,5-28H2,1-4H3. The van der Waals surface area contributed by atoms with Crippen molar-refractivity contribution in [3.05, 3.63) is 0 Å². The molecule has 0 spiro atoms. The van der Waals surface area contributed by atoms with Crippen LogP contribution in [-0.2, 0) is 9.53 Å². The number of rotatable bonds is 26. The van der Waals surface area contributed by atoms with Crippen molar-refractivity contribution in [3.8, 4) is 0 Å². The third-order valence-corrected chi connectivity index (χ3v) is 8.22. The number of ether oxygens (including phenoxy) is 1. The van der Waals surface area contributed by atoms with Crippen molar-refractivity contribution in [1.82, 2.24) is 4.90 Å². The lowest BCUT2D eigenvalue weighted by atomic mass is 9.91. The van der Waals surface area contributed by atoms with Crippen LogP contribution in [0.5, 0.6) is 0 Å². The van der Waals surface area contributed by atoms with Crippen molar-refractivity contribution in [2.24, 2.45) is 17.8 Å². The first-order valence-corrected chi connectivity index (χ1v) is 15.9. The van der Waals surface area contributed by atoms with Gasteiger partial charge < -0.3 is 9.64 Å². The van der Waals surface area contributed by atoms with E-state index in [-0.39, 0.29) is 5.97 Å². The topological polar surface area (TPSA) is 29.5 Å². The molecule has 0 saturated heterocycles. The highest BCUT2D eigenvalue weighted by atomic mass is 16.5. The maximum Gasteiger partial charge on any atom is 0.305 e. The third kappa shape index (κ3) is 20.2. The van der Waals surface area contributed by atoms with Gasteiger partial charge in [0.1, 0.15) is 0 Å². The van der Waals surface area contributed by atoms with Crippen LogP contribution in [0.2, 0.25) is 0 Å². The van der Waals surface area contributed by atoms with Crippen molar-refractivity contribution in [2.45, 2.75) is 155 Å². The van der Waals surface area contributed by atoms with Crippen LogP contribution in [-0.4, -0.2) is 38.1 Å². The van der Waals surface area contributed by atoms with Crippen LogP contribution in [0.1, 0.15) is 155 Å². The summed E-state index contributed by atoms with van der Waals surface area (Å²) < 4.78 is 5.00. The summed E-state index contributed by atoms with van der Waals surface area (Å²) in [6.45, 7) is 5.96. The fourth-order valence-corrected chi connectivity index (χ4v) is 5.74. The lowest BCUT2D eigenvalue weighted by Gasteiger charge is -2.19. The maximum atomic E-state index is 11.4. The Morgan fingerprint density at radius 1 is 0.714 bits per heavy atom. The van der Waals surface area contributed by atoms with E-state index in [4.69, 9.17) is 4.74 Å². The van der Waals surface area contributed by atoms with Gasteiger partial charge in [-0.2, -0.15) is 0 Å². The molecule has 3 atom stereocenters. The summed E-state index contributed by atoms with van der Waals surface area (Å²) in [4.78, 5) is 13.7. The second-order valence-corrected chi connectivity index (χ2v) is 11.9. The molecule has 0 bridgehead atoms. The Hall–Kier alpha value is -0.570. The number of hydrogen-bond donors (Lipinski definition) is 0. The molecule has 0 aromatic rings. The first-order chi connectivity index (χ1) is 17.1. The molecule has 208 valence electrons. The Labute approximate surface area is 220 Å². The van der Waals surface area contributed by atoms with E-state index in [2.05, 4.69) is 25.9 Å². The van der Waals surface area contributed by atoms with Crippen molar-refractivity contribution in [3.63, 3.8) is 0 Å². The van der Waals surface area contributed by atoms with Gasteiger partial charge in [0.25, 0.3) is 0 Å². The zero-order valence-electron chi connectivity index (χ0n) is 24.5. The smallest absolute Gasteiger partial charge is 0.305 e. The lowest BCUT2D eigenvalue weighted by Crippen LogP contribution is -2.17. The van der Waals surface area contributed by atoms with Gasteiger partial charge in [-0.25, -0.2) is 0 Å². The van der Waals surface area contributed by atoms with E-state index in [0.717, 1.165) is 24.2 Å². The SMILES string of the molecule is CCCCCCCCC(CCCCCCCCC1CC1CCCCCC(=O)OCC)CCN(C)C. The Morgan fingerprint density at radius 2 is 1.23 bits per heavy atom. The van der Waals surface area contributed by atoms with Gasteiger partial charge in [0.15, 0.2) is 0 Å². The molecule has 0 N–H and O–H groups in total. The number of nitrogens with zero attached hydrogens (tertiary/aromatic N) is 1. The Morgan fingerprint density at radius 3 is 1.77 bits per heavy atom. The van der Waals surface area contributed by atoms with E-state index in [1.807, 2.05) is 6.92 Å². The van der Waals surface area contributed by atoms with Crippen LogP contribution in [0, 0.1) is 17.8 Å². The van der Waals surface area contributed by atoms with E-state index < -0.39 is 0 Å². The lowest BCUT2D eigenvalue weighted by molar-refractivity contribution is -0.143. The normalized spacial score (nSPS) is 18.2. The van der Waals surface area contributed by atoms with Crippen molar-refractivity contribution < 1.29 is 9.53 Å². The summed E-state index contributed by atoms with van der Waals surface area (Å²) in [5.74, 6) is 2.97. The van der Waals surface area contributed by atoms with Crippen LogP contribution >= 0.6 is 0 Å². The molecule has 0 aliphatic heterocycles. The van der Waals surface area contributed by atoms with Crippen molar-refractivity contribution in [2.75, 3.05) is 27.2 Å². The zero-order chi connectivity index (χ0) is 25.6. The molecular formula is C32H63NO2. The summed E-state index contributed by atoms with van der Waals surface area (Å²) in [5.41, 5.74) is 0. The molecule has 35 heavy (non-hydrogen) atoms. The highest BCUT2D eigenvalue weighted by Gasteiger charge is 2.35. The predicted octanol–water partition coefficient (Wildman–Crippen LogP) is 9.58. The highest BCUT2D eigenvalue weighted by Crippen LogP contribution is 2.45. The summed E-state index contributed by atoms with van der Waals surface area (Å²) in [5, 5.41) is 0. The Balaban J connectivity index is 1.93. The molecule has 0 heterocycles. The van der Waals surface area contributed by atoms with Crippen LogP contribution in [0.3, 0.4) is 0 Å². The molecule has 1 aliphatic rings. The van der Waals surface area contributed by atoms with Gasteiger partial charge >= 0.3 is 5.97 Å². The Kier molecular flexibility index (Phi) is 21.0. The fraction of sp³-hybridized carbons (Fsp3) is 0.969. The van der Waals surface area contributed by atoms with Gasteiger partial charge in [0, 0.05) is 6.42 Å². The van der Waals surface area contributed by atoms with Crippen LogP contribution in [0.4, 0.5) is 0 Å². The minimum absolute atomic E-state index is 0.0193. The van der Waals surface area contributed by atoms with E-state index in [9.17, 15) is 4.79 Å². The minimum Gasteiger partial charge on any atom is -0.466 e. The van der Waals surface area contributed by atoms with E-state index in [1.165, 1.54) is 135 Å². The molecule has 1 saturated carbocycles. The van der Waals surface area contributed by atoms with Crippen LogP contribution in [0.25, 0.3) is 0 Å². The molecule has 3 nitrogen and oxygen atoms in total. The van der Waals surface area contributed by atoms with Crippen molar-refractivity contribution in [1.29, 1.82) is 0 Å². The Bertz CT molecular complexity index is 478. The monoisotopic (exact) mass is 493 g/mol. The zero-order valence-corrected chi connectivity index (χ0v) is 24.5. The number of hydrogen-bond acceptors (Lipinski definition) is 3. The quantitative estimate of drug-likeness (QED) is 0.0887. The molecule has 0 amide bonds. The minimum atomic E-state index is -0.0193. The summed E-state index contributed by atoms with van der Waals surface area (Å²) >= 11 is 0. The van der Waals surface area contributed by atoms with Gasteiger partial charge in [-0.15, -0.1) is 0 Å². The third-order valence-electron chi connectivity index (χ3n) is 8.22. The van der Waals surface area contributed by atoms with E-state index in [1.54, 1.807) is 0 Å². The van der Waals surface area contributed by atoms with Gasteiger partial charge in [0.2, 0.25) is 0 Å². The number of carbonyl (C=O) groups excluding carboxylic acids is 1. The highest BCUT2D eigenvalue weighted by molar-refractivity contribution is 5.69. The van der Waals surface area contributed by atoms with Gasteiger partial charge in [-0.3, -0.25) is 4.79 Å². The second-order valence-electron chi connectivity index (χ2n) is 11.9. The summed E-state index contributed by atoms with van der Waals surface area (Å²) in [7, 11) is 4.45. The molecule has 0 radical (unpaired) electrons. The molecule has 0 aromatic carbocycles. The van der Waals surface area contributed by atoms with Gasteiger partial charge in [-0.1, -0.05) is 122 Å². The largest absolute Gasteiger partial charge is 0.466 e. The van der Waals surface area contributed by atoms with Crippen molar-refractivity contribution >= 4 is 5.97 Å². The van der Waals surface area contributed by atoms with Gasteiger partial charge in [-0.05, 0) is 64.6 Å². The number of esters is 1. The van der Waals surface area contributed by atoms with Crippen LogP contribution in [0.15, 0.2) is 0 Å². The molecule has 3 heteroatoms. The molecule has 1 fully saturated rings. The maximum absolute atomic E-state index is 11.4. The molecule has 3 unspecified atom stereocenters. The predicted molar refractivity (Wildman–Crippen MR) is 153 cm³/mol. The average molecular weight is 494 g/mol. The van der Waals surface area contributed by atoms with Crippen LogP contribution < -0.4 is 0 Å². The fourth-order valence-electron chi connectivity index (χ4n) is 5.74. The first-order valence-electron chi connectivity index (χ1n) is 15.9. The number of carbonyl (C=O) groups is 1. The molecular weight excluding hydrogens is 430 g/mol. The number of unbranched alkanes of at least 4 members (excludes halogenated alkanes) is 12. The average Bonchev–Trinajstić information content (AvgIpc) is 3.58.